The van der Waals surface area contributed by atoms with Crippen LogP contribution in [0, 0.1) is 0 Å². The minimum absolute atomic E-state index is 0.209. The fourth-order valence-corrected chi connectivity index (χ4v) is 1.99. The molecule has 0 saturated carbocycles. The molecule has 8 heteroatoms. The van der Waals surface area contributed by atoms with Crippen LogP contribution >= 0.6 is 0 Å². The minimum Gasteiger partial charge on any atom is -0.356 e. The Kier molecular flexibility index (Phi) is 3.73. The van der Waals surface area contributed by atoms with Crippen molar-refractivity contribution in [2.45, 2.75) is 12.7 Å². The van der Waals surface area contributed by atoms with Gasteiger partial charge in [-0.3, -0.25) is 4.79 Å². The highest BCUT2D eigenvalue weighted by atomic mass is 19.4. The molecule has 118 valence electrons. The maximum absolute atomic E-state index is 12.7. The number of rotatable bonds is 3. The van der Waals surface area contributed by atoms with E-state index in [0.29, 0.717) is 22.2 Å². The molecule has 0 aliphatic carbocycles. The van der Waals surface area contributed by atoms with Crippen LogP contribution in [-0.2, 0) is 12.7 Å². The summed E-state index contributed by atoms with van der Waals surface area (Å²) in [7, 11) is 0. The Morgan fingerprint density at radius 3 is 2.52 bits per heavy atom. The quantitative estimate of drug-likeness (QED) is 0.744. The van der Waals surface area contributed by atoms with Crippen molar-refractivity contribution >= 4 is 0 Å². The zero-order chi connectivity index (χ0) is 16.4. The van der Waals surface area contributed by atoms with E-state index in [1.165, 1.54) is 0 Å². The zero-order valence-electron chi connectivity index (χ0n) is 11.6. The first kappa shape index (κ1) is 15.0. The van der Waals surface area contributed by atoms with E-state index in [0.717, 1.165) is 11.6 Å². The van der Waals surface area contributed by atoms with Crippen molar-refractivity contribution in [3.8, 4) is 11.3 Å². The molecule has 0 saturated heterocycles. The van der Waals surface area contributed by atoms with Crippen LogP contribution in [0.2, 0.25) is 0 Å². The third-order valence-electron chi connectivity index (χ3n) is 3.09. The van der Waals surface area contributed by atoms with E-state index >= 15 is 0 Å². The topological polar surface area (TPSA) is 60.9 Å². The van der Waals surface area contributed by atoms with Crippen molar-refractivity contribution in [3.05, 3.63) is 70.3 Å². The van der Waals surface area contributed by atoms with E-state index in [4.69, 9.17) is 4.52 Å². The molecule has 3 rings (SSSR count). The summed E-state index contributed by atoms with van der Waals surface area (Å²) < 4.78 is 43.8. The molecule has 23 heavy (non-hydrogen) atoms. The van der Waals surface area contributed by atoms with Gasteiger partial charge in [-0.15, -0.1) is 0 Å². The van der Waals surface area contributed by atoms with Gasteiger partial charge in [-0.2, -0.15) is 18.3 Å². The predicted molar refractivity (Wildman–Crippen MR) is 74.5 cm³/mol. The second-order valence-corrected chi connectivity index (χ2v) is 4.76. The van der Waals surface area contributed by atoms with E-state index in [1.54, 1.807) is 18.2 Å². The lowest BCUT2D eigenvalue weighted by atomic mass is 10.2. The van der Waals surface area contributed by atoms with Crippen molar-refractivity contribution in [1.82, 2.24) is 14.9 Å². The van der Waals surface area contributed by atoms with Gasteiger partial charge in [-0.1, -0.05) is 35.5 Å². The summed E-state index contributed by atoms with van der Waals surface area (Å²) >= 11 is 0. The van der Waals surface area contributed by atoms with Crippen molar-refractivity contribution in [3.63, 3.8) is 0 Å². The number of benzene rings is 1. The molecule has 0 fully saturated rings. The highest BCUT2D eigenvalue weighted by molar-refractivity contribution is 5.56. The molecule has 1 aromatic carbocycles. The first-order valence-electron chi connectivity index (χ1n) is 6.60. The third kappa shape index (κ3) is 3.31. The van der Waals surface area contributed by atoms with E-state index in [-0.39, 0.29) is 6.54 Å². The Labute approximate surface area is 128 Å². The highest BCUT2D eigenvalue weighted by Gasteiger charge is 2.33. The van der Waals surface area contributed by atoms with Crippen LogP contribution in [0.25, 0.3) is 11.3 Å². The van der Waals surface area contributed by atoms with Crippen LogP contribution in [0.15, 0.2) is 57.8 Å². The summed E-state index contributed by atoms with van der Waals surface area (Å²) in [5.74, 6) is 0.459. The van der Waals surface area contributed by atoms with Gasteiger partial charge in [-0.05, 0) is 6.07 Å². The fourth-order valence-electron chi connectivity index (χ4n) is 1.99. The second-order valence-electron chi connectivity index (χ2n) is 4.76. The molecule has 0 spiro atoms. The monoisotopic (exact) mass is 321 g/mol. The molecule has 3 aromatic rings. The van der Waals surface area contributed by atoms with Gasteiger partial charge in [0.2, 0.25) is 0 Å². The largest absolute Gasteiger partial charge is 0.435 e. The summed E-state index contributed by atoms with van der Waals surface area (Å²) in [6, 6.07) is 12.1. The lowest BCUT2D eigenvalue weighted by Crippen LogP contribution is -2.26. The molecule has 0 amide bonds. The summed E-state index contributed by atoms with van der Waals surface area (Å²) in [6.45, 7) is -0.209. The summed E-state index contributed by atoms with van der Waals surface area (Å²) in [5.41, 5.74) is -0.709. The molecule has 0 bridgehead atoms. The van der Waals surface area contributed by atoms with Crippen LogP contribution in [0.1, 0.15) is 11.4 Å². The van der Waals surface area contributed by atoms with Gasteiger partial charge in [0.15, 0.2) is 11.5 Å². The molecular formula is C15H10F3N3O2. The third-order valence-corrected chi connectivity index (χ3v) is 3.09. The first-order valence-corrected chi connectivity index (χ1v) is 6.60. The van der Waals surface area contributed by atoms with Crippen molar-refractivity contribution in [2.75, 3.05) is 0 Å². The minimum atomic E-state index is -4.62. The number of alkyl halides is 3. The summed E-state index contributed by atoms with van der Waals surface area (Å²) in [6.07, 6.45) is -4.62. The summed E-state index contributed by atoms with van der Waals surface area (Å²) in [5, 5.41) is 7.08. The molecule has 0 atom stereocenters. The lowest BCUT2D eigenvalue weighted by molar-refractivity contribution is -0.142. The van der Waals surface area contributed by atoms with Gasteiger partial charge in [-0.25, -0.2) is 4.68 Å². The normalized spacial score (nSPS) is 11.6. The van der Waals surface area contributed by atoms with E-state index in [1.807, 2.05) is 18.2 Å². The molecule has 2 aromatic heterocycles. The van der Waals surface area contributed by atoms with Crippen LogP contribution in [-0.4, -0.2) is 14.9 Å². The Morgan fingerprint density at radius 1 is 1.09 bits per heavy atom. The van der Waals surface area contributed by atoms with E-state index in [9.17, 15) is 18.0 Å². The van der Waals surface area contributed by atoms with Gasteiger partial charge >= 0.3 is 6.18 Å². The number of hydrogen-bond donors (Lipinski definition) is 0. The average molecular weight is 321 g/mol. The molecule has 0 aliphatic rings. The molecule has 2 heterocycles. The SMILES string of the molecule is O=c1ccc(C(F)(F)F)nn1Cc1cc(-c2ccccc2)on1. The molecule has 0 radical (unpaired) electrons. The van der Waals surface area contributed by atoms with Crippen molar-refractivity contribution < 1.29 is 17.7 Å². The summed E-state index contributed by atoms with van der Waals surface area (Å²) in [4.78, 5) is 11.7. The molecule has 0 unspecified atom stereocenters. The Balaban J connectivity index is 1.89. The molecule has 5 nitrogen and oxygen atoms in total. The number of halogens is 3. The maximum Gasteiger partial charge on any atom is 0.435 e. The standard InChI is InChI=1S/C15H10F3N3O2/c16-15(17,18)13-6-7-14(22)21(19-13)9-11-8-12(23-20-11)10-4-2-1-3-5-10/h1-8H,9H2. The molecule has 0 N–H and O–H groups in total. The smallest absolute Gasteiger partial charge is 0.356 e. The maximum atomic E-state index is 12.7. The number of nitrogens with zero attached hydrogens (tertiary/aromatic N) is 3. The lowest BCUT2D eigenvalue weighted by Gasteiger charge is -2.07. The first-order chi connectivity index (χ1) is 10.9. The average Bonchev–Trinajstić information content (AvgIpc) is 2.98. The van der Waals surface area contributed by atoms with Gasteiger partial charge in [0.25, 0.3) is 5.56 Å². The van der Waals surface area contributed by atoms with E-state index < -0.39 is 17.4 Å². The van der Waals surface area contributed by atoms with Gasteiger partial charge in [0.1, 0.15) is 5.69 Å². The number of aromatic nitrogens is 3. The van der Waals surface area contributed by atoms with Gasteiger partial charge in [0, 0.05) is 17.7 Å². The zero-order valence-corrected chi connectivity index (χ0v) is 11.6. The van der Waals surface area contributed by atoms with Crippen LogP contribution < -0.4 is 5.56 Å². The van der Waals surface area contributed by atoms with Crippen LogP contribution in [0.5, 0.6) is 0 Å². The van der Waals surface area contributed by atoms with Crippen molar-refractivity contribution in [1.29, 1.82) is 0 Å². The Morgan fingerprint density at radius 2 is 1.83 bits per heavy atom. The molecule has 0 aliphatic heterocycles. The number of hydrogen-bond acceptors (Lipinski definition) is 4. The van der Waals surface area contributed by atoms with Crippen LogP contribution in [0.3, 0.4) is 0 Å². The Bertz CT molecular complexity index is 869. The van der Waals surface area contributed by atoms with E-state index in [2.05, 4.69) is 10.3 Å². The van der Waals surface area contributed by atoms with Gasteiger partial charge < -0.3 is 4.52 Å². The molecular weight excluding hydrogens is 311 g/mol. The van der Waals surface area contributed by atoms with Crippen LogP contribution in [0.4, 0.5) is 13.2 Å². The Hall–Kier alpha value is -2.90. The highest BCUT2D eigenvalue weighted by Crippen LogP contribution is 2.26. The fraction of sp³-hybridized carbons (Fsp3) is 0.133. The van der Waals surface area contributed by atoms with Gasteiger partial charge in [0.05, 0.1) is 6.54 Å². The predicted octanol–water partition coefficient (Wildman–Crippen LogP) is 2.97. The second kappa shape index (κ2) is 5.71. The van der Waals surface area contributed by atoms with Crippen molar-refractivity contribution in [2.24, 2.45) is 0 Å².